The van der Waals surface area contributed by atoms with Crippen LogP contribution in [0, 0.1) is 0 Å². The molecule has 0 fully saturated rings. The number of benzene rings is 3. The largest absolute Gasteiger partial charge is 0.497 e. The Morgan fingerprint density at radius 1 is 0.935 bits per heavy atom. The Morgan fingerprint density at radius 2 is 1.55 bits per heavy atom. The van der Waals surface area contributed by atoms with E-state index in [2.05, 4.69) is 5.32 Å². The summed E-state index contributed by atoms with van der Waals surface area (Å²) in [5.74, 6) is 0.301. The Hall–Kier alpha value is -3.31. The third kappa shape index (κ3) is 6.09. The number of hydrogen-bond donors (Lipinski definition) is 1. The molecule has 1 N–H and O–H groups in total. The van der Waals surface area contributed by atoms with Crippen molar-refractivity contribution < 1.29 is 14.3 Å². The summed E-state index contributed by atoms with van der Waals surface area (Å²) < 4.78 is 5.21. The van der Waals surface area contributed by atoms with E-state index in [0.717, 1.165) is 22.4 Å². The lowest BCUT2D eigenvalue weighted by Gasteiger charge is -2.30. The van der Waals surface area contributed by atoms with Crippen LogP contribution < -0.4 is 10.1 Å². The predicted octanol–water partition coefficient (Wildman–Crippen LogP) is 4.75. The molecule has 5 nitrogen and oxygen atoms in total. The van der Waals surface area contributed by atoms with Crippen molar-refractivity contribution >= 4 is 23.4 Å². The first-order chi connectivity index (χ1) is 15.0. The summed E-state index contributed by atoms with van der Waals surface area (Å²) in [6.07, 6.45) is 0. The molecule has 0 spiro atoms. The second-order valence-corrected chi connectivity index (χ2v) is 7.59. The van der Waals surface area contributed by atoms with Gasteiger partial charge in [-0.15, -0.1) is 0 Å². The monoisotopic (exact) mass is 436 g/mol. The average Bonchev–Trinajstić information content (AvgIpc) is 2.79. The van der Waals surface area contributed by atoms with Crippen LogP contribution in [-0.4, -0.2) is 23.8 Å². The molecule has 0 aromatic heterocycles. The van der Waals surface area contributed by atoms with E-state index in [4.69, 9.17) is 16.3 Å². The number of hydrogen-bond acceptors (Lipinski definition) is 3. The third-order valence-electron chi connectivity index (χ3n) is 4.97. The maximum Gasteiger partial charge on any atom is 0.247 e. The first-order valence-electron chi connectivity index (χ1n) is 9.95. The minimum atomic E-state index is -0.756. The van der Waals surface area contributed by atoms with Crippen molar-refractivity contribution in [2.24, 2.45) is 0 Å². The lowest BCUT2D eigenvalue weighted by atomic mass is 10.0. The molecule has 0 aliphatic heterocycles. The summed E-state index contributed by atoms with van der Waals surface area (Å²) in [5.41, 5.74) is 2.58. The fourth-order valence-electron chi connectivity index (χ4n) is 3.31. The molecule has 0 radical (unpaired) electrons. The quantitative estimate of drug-likeness (QED) is 0.554. The van der Waals surface area contributed by atoms with Gasteiger partial charge in [0.1, 0.15) is 11.8 Å². The number of amides is 2. The number of rotatable bonds is 8. The molecule has 0 saturated carbocycles. The van der Waals surface area contributed by atoms with E-state index in [9.17, 15) is 9.59 Å². The molecule has 3 aromatic rings. The predicted molar refractivity (Wildman–Crippen MR) is 122 cm³/mol. The topological polar surface area (TPSA) is 58.6 Å². The molecule has 1 unspecified atom stereocenters. The third-order valence-corrected chi connectivity index (χ3v) is 5.22. The summed E-state index contributed by atoms with van der Waals surface area (Å²) in [6.45, 7) is 2.12. The zero-order valence-electron chi connectivity index (χ0n) is 17.5. The van der Waals surface area contributed by atoms with Crippen LogP contribution in [0.15, 0.2) is 78.9 Å². The van der Waals surface area contributed by atoms with E-state index in [-0.39, 0.29) is 11.8 Å². The summed E-state index contributed by atoms with van der Waals surface area (Å²) in [4.78, 5) is 27.5. The van der Waals surface area contributed by atoms with Crippen molar-refractivity contribution in [1.82, 2.24) is 10.2 Å². The Bertz CT molecular complexity index is 1010. The van der Waals surface area contributed by atoms with Crippen LogP contribution in [-0.2, 0) is 22.7 Å². The van der Waals surface area contributed by atoms with E-state index in [0.29, 0.717) is 18.1 Å². The van der Waals surface area contributed by atoms with E-state index < -0.39 is 6.04 Å². The van der Waals surface area contributed by atoms with Gasteiger partial charge in [-0.2, -0.15) is 0 Å². The van der Waals surface area contributed by atoms with Crippen LogP contribution in [0.4, 0.5) is 0 Å². The first-order valence-corrected chi connectivity index (χ1v) is 10.3. The Kier molecular flexibility index (Phi) is 7.68. The molecule has 6 heteroatoms. The zero-order valence-corrected chi connectivity index (χ0v) is 18.3. The number of nitrogens with one attached hydrogen (secondary N) is 1. The Morgan fingerprint density at radius 3 is 2.13 bits per heavy atom. The van der Waals surface area contributed by atoms with Gasteiger partial charge in [-0.25, -0.2) is 0 Å². The Labute approximate surface area is 187 Å². The molecular formula is C25H25ClN2O3. The molecule has 160 valence electrons. The van der Waals surface area contributed by atoms with Gasteiger partial charge in [0.25, 0.3) is 0 Å². The average molecular weight is 437 g/mol. The van der Waals surface area contributed by atoms with Crippen molar-refractivity contribution in [3.8, 4) is 5.75 Å². The molecular weight excluding hydrogens is 412 g/mol. The highest BCUT2D eigenvalue weighted by atomic mass is 35.5. The summed E-state index contributed by atoms with van der Waals surface area (Å²) >= 11 is 5.94. The van der Waals surface area contributed by atoms with Crippen molar-refractivity contribution in [2.75, 3.05) is 7.11 Å². The van der Waals surface area contributed by atoms with Crippen LogP contribution in [0.3, 0.4) is 0 Å². The molecule has 0 aliphatic rings. The Balaban J connectivity index is 1.85. The van der Waals surface area contributed by atoms with Crippen LogP contribution in [0.25, 0.3) is 0 Å². The number of carbonyl (C=O) groups is 2. The first kappa shape index (κ1) is 22.4. The van der Waals surface area contributed by atoms with Crippen molar-refractivity contribution in [3.05, 3.63) is 101 Å². The summed E-state index contributed by atoms with van der Waals surface area (Å²) in [5, 5.41) is 3.60. The van der Waals surface area contributed by atoms with Crippen molar-refractivity contribution in [3.63, 3.8) is 0 Å². The van der Waals surface area contributed by atoms with Gasteiger partial charge in [-0.3, -0.25) is 9.59 Å². The SMILES string of the molecule is COc1ccc(CN(C(C)=O)C(C(=O)NCc2ccc(Cl)cc2)c2ccccc2)cc1. The number of carbonyl (C=O) groups excluding carboxylic acids is 2. The molecule has 3 rings (SSSR count). The summed E-state index contributed by atoms with van der Waals surface area (Å²) in [6, 6.07) is 23.3. The van der Waals surface area contributed by atoms with Gasteiger partial charge in [0.05, 0.1) is 7.11 Å². The van der Waals surface area contributed by atoms with Gasteiger partial charge < -0.3 is 15.0 Å². The highest BCUT2D eigenvalue weighted by Gasteiger charge is 2.29. The summed E-state index contributed by atoms with van der Waals surface area (Å²) in [7, 11) is 1.60. The molecule has 0 aliphatic carbocycles. The maximum absolute atomic E-state index is 13.3. The second kappa shape index (κ2) is 10.6. The minimum absolute atomic E-state index is 0.189. The lowest BCUT2D eigenvalue weighted by molar-refractivity contribution is -0.140. The van der Waals surface area contributed by atoms with Gasteiger partial charge in [-0.05, 0) is 41.0 Å². The molecule has 1 atom stereocenters. The van der Waals surface area contributed by atoms with Crippen LogP contribution in [0.1, 0.15) is 29.7 Å². The van der Waals surface area contributed by atoms with Crippen LogP contribution in [0.2, 0.25) is 5.02 Å². The minimum Gasteiger partial charge on any atom is -0.497 e. The molecule has 0 bridgehead atoms. The number of nitrogens with zero attached hydrogens (tertiary/aromatic N) is 1. The molecule has 2 amide bonds. The van der Waals surface area contributed by atoms with Crippen molar-refractivity contribution in [1.29, 1.82) is 0 Å². The van der Waals surface area contributed by atoms with Crippen LogP contribution in [0.5, 0.6) is 5.75 Å². The van der Waals surface area contributed by atoms with Gasteiger partial charge in [-0.1, -0.05) is 66.2 Å². The lowest BCUT2D eigenvalue weighted by Crippen LogP contribution is -2.42. The van der Waals surface area contributed by atoms with Crippen molar-refractivity contribution in [2.45, 2.75) is 26.1 Å². The highest BCUT2D eigenvalue weighted by molar-refractivity contribution is 6.30. The van der Waals surface area contributed by atoms with Crippen LogP contribution >= 0.6 is 11.6 Å². The fraction of sp³-hybridized carbons (Fsp3) is 0.200. The molecule has 3 aromatic carbocycles. The smallest absolute Gasteiger partial charge is 0.247 e. The van der Waals surface area contributed by atoms with E-state index in [1.54, 1.807) is 24.1 Å². The second-order valence-electron chi connectivity index (χ2n) is 7.15. The van der Waals surface area contributed by atoms with E-state index >= 15 is 0 Å². The van der Waals surface area contributed by atoms with Gasteiger partial charge in [0.15, 0.2) is 0 Å². The number of methoxy groups -OCH3 is 1. The van der Waals surface area contributed by atoms with Gasteiger partial charge in [0, 0.05) is 25.0 Å². The van der Waals surface area contributed by atoms with E-state index in [1.165, 1.54) is 6.92 Å². The number of halogens is 1. The van der Waals surface area contributed by atoms with E-state index in [1.807, 2.05) is 66.7 Å². The fourth-order valence-corrected chi connectivity index (χ4v) is 3.43. The molecule has 0 heterocycles. The van der Waals surface area contributed by atoms with Gasteiger partial charge >= 0.3 is 0 Å². The number of ether oxygens (including phenoxy) is 1. The molecule has 0 saturated heterocycles. The normalized spacial score (nSPS) is 11.5. The molecule has 31 heavy (non-hydrogen) atoms. The van der Waals surface area contributed by atoms with Gasteiger partial charge in [0.2, 0.25) is 11.8 Å². The highest BCUT2D eigenvalue weighted by Crippen LogP contribution is 2.25. The maximum atomic E-state index is 13.3. The zero-order chi connectivity index (χ0) is 22.2. The standard InChI is InChI=1S/C25H25ClN2O3/c1-18(29)28(17-20-10-14-23(31-2)15-11-20)24(21-6-4-3-5-7-21)25(30)27-16-19-8-12-22(26)13-9-19/h3-15,24H,16-17H2,1-2H3,(H,27,30).